The molecule has 15 heavy (non-hydrogen) atoms. The number of benzene rings is 1. The largest absolute Gasteiger partial charge is 0.496 e. The van der Waals surface area contributed by atoms with E-state index in [2.05, 4.69) is 11.4 Å². The molecule has 82 valence electrons. The standard InChI is InChI=1S/C12H16ClNO/c1-3-4-8-14-9-10-11(13)6-5-7-12(10)15-2/h3-7,14H,8-9H2,1-2H3/b4-3+. The average molecular weight is 226 g/mol. The van der Waals surface area contributed by atoms with E-state index in [1.807, 2.05) is 31.2 Å². The van der Waals surface area contributed by atoms with E-state index in [0.717, 1.165) is 22.9 Å². The third kappa shape index (κ3) is 3.57. The Morgan fingerprint density at radius 1 is 1.47 bits per heavy atom. The van der Waals surface area contributed by atoms with E-state index in [4.69, 9.17) is 16.3 Å². The van der Waals surface area contributed by atoms with E-state index in [9.17, 15) is 0 Å². The van der Waals surface area contributed by atoms with Gasteiger partial charge >= 0.3 is 0 Å². The van der Waals surface area contributed by atoms with Crippen LogP contribution in [0.5, 0.6) is 5.75 Å². The SMILES string of the molecule is C/C=C/CNCc1c(Cl)cccc1OC. The second-order valence-electron chi connectivity index (χ2n) is 3.12. The van der Waals surface area contributed by atoms with Gasteiger partial charge in [-0.25, -0.2) is 0 Å². The van der Waals surface area contributed by atoms with Crippen LogP contribution in [-0.4, -0.2) is 13.7 Å². The molecule has 0 heterocycles. The summed E-state index contributed by atoms with van der Waals surface area (Å²) < 4.78 is 5.24. The summed E-state index contributed by atoms with van der Waals surface area (Å²) >= 11 is 6.08. The Morgan fingerprint density at radius 3 is 2.93 bits per heavy atom. The summed E-state index contributed by atoms with van der Waals surface area (Å²) in [6.45, 7) is 3.55. The minimum absolute atomic E-state index is 0.715. The lowest BCUT2D eigenvalue weighted by molar-refractivity contribution is 0.408. The fourth-order valence-corrected chi connectivity index (χ4v) is 1.53. The van der Waals surface area contributed by atoms with E-state index >= 15 is 0 Å². The second kappa shape index (κ2) is 6.49. The van der Waals surface area contributed by atoms with Crippen LogP contribution in [0.4, 0.5) is 0 Å². The molecule has 0 unspecified atom stereocenters. The third-order valence-corrected chi connectivity index (χ3v) is 2.45. The minimum Gasteiger partial charge on any atom is -0.496 e. The molecule has 0 saturated carbocycles. The first-order valence-electron chi connectivity index (χ1n) is 4.92. The van der Waals surface area contributed by atoms with Crippen molar-refractivity contribution in [2.45, 2.75) is 13.5 Å². The number of hydrogen-bond acceptors (Lipinski definition) is 2. The van der Waals surface area contributed by atoms with Gasteiger partial charge in [0.25, 0.3) is 0 Å². The van der Waals surface area contributed by atoms with Gasteiger partial charge in [0, 0.05) is 23.7 Å². The number of allylic oxidation sites excluding steroid dienone is 1. The number of hydrogen-bond donors (Lipinski definition) is 1. The summed E-state index contributed by atoms with van der Waals surface area (Å²) in [5, 5.41) is 4.01. The summed E-state index contributed by atoms with van der Waals surface area (Å²) in [6, 6.07) is 5.67. The highest BCUT2D eigenvalue weighted by atomic mass is 35.5. The summed E-state index contributed by atoms with van der Waals surface area (Å²) in [5.41, 5.74) is 1.01. The summed E-state index contributed by atoms with van der Waals surface area (Å²) in [4.78, 5) is 0. The molecule has 0 bridgehead atoms. The lowest BCUT2D eigenvalue weighted by Gasteiger charge is -2.10. The number of rotatable bonds is 5. The molecule has 1 aromatic carbocycles. The Labute approximate surface area is 95.9 Å². The van der Waals surface area contributed by atoms with Crippen molar-refractivity contribution in [3.8, 4) is 5.75 Å². The maximum atomic E-state index is 6.08. The molecule has 0 aromatic heterocycles. The molecular weight excluding hydrogens is 210 g/mol. The number of ether oxygens (including phenoxy) is 1. The molecule has 0 saturated heterocycles. The summed E-state index contributed by atoms with van der Waals surface area (Å²) in [7, 11) is 1.65. The van der Waals surface area contributed by atoms with Gasteiger partial charge in [-0.2, -0.15) is 0 Å². The summed E-state index contributed by atoms with van der Waals surface area (Å²) in [5.74, 6) is 0.829. The first-order chi connectivity index (χ1) is 7.29. The van der Waals surface area contributed by atoms with Crippen LogP contribution in [-0.2, 0) is 6.54 Å². The van der Waals surface area contributed by atoms with Crippen LogP contribution in [0.3, 0.4) is 0 Å². The normalized spacial score (nSPS) is 10.9. The van der Waals surface area contributed by atoms with Crippen LogP contribution in [0.1, 0.15) is 12.5 Å². The lowest BCUT2D eigenvalue weighted by Crippen LogP contribution is -2.13. The molecule has 0 amide bonds. The fourth-order valence-electron chi connectivity index (χ4n) is 1.30. The van der Waals surface area contributed by atoms with Gasteiger partial charge in [-0.15, -0.1) is 0 Å². The van der Waals surface area contributed by atoms with E-state index in [-0.39, 0.29) is 0 Å². The van der Waals surface area contributed by atoms with Crippen LogP contribution in [0.2, 0.25) is 5.02 Å². The van der Waals surface area contributed by atoms with Gasteiger partial charge in [0.15, 0.2) is 0 Å². The van der Waals surface area contributed by atoms with Crippen LogP contribution in [0.25, 0.3) is 0 Å². The number of methoxy groups -OCH3 is 1. The van der Waals surface area contributed by atoms with E-state index in [1.54, 1.807) is 7.11 Å². The van der Waals surface area contributed by atoms with E-state index < -0.39 is 0 Å². The van der Waals surface area contributed by atoms with Crippen molar-refractivity contribution < 1.29 is 4.74 Å². The Bertz CT molecular complexity index is 336. The molecule has 0 spiro atoms. The van der Waals surface area contributed by atoms with Crippen LogP contribution in [0.15, 0.2) is 30.4 Å². The van der Waals surface area contributed by atoms with Crippen molar-refractivity contribution in [2.75, 3.05) is 13.7 Å². The lowest BCUT2D eigenvalue weighted by atomic mass is 10.2. The van der Waals surface area contributed by atoms with Crippen molar-refractivity contribution in [2.24, 2.45) is 0 Å². The highest BCUT2D eigenvalue weighted by molar-refractivity contribution is 6.31. The van der Waals surface area contributed by atoms with Crippen molar-refractivity contribution in [1.29, 1.82) is 0 Å². The van der Waals surface area contributed by atoms with E-state index in [1.165, 1.54) is 0 Å². The Morgan fingerprint density at radius 2 is 2.27 bits per heavy atom. The van der Waals surface area contributed by atoms with Gasteiger partial charge in [-0.1, -0.05) is 29.8 Å². The van der Waals surface area contributed by atoms with Crippen LogP contribution < -0.4 is 10.1 Å². The highest BCUT2D eigenvalue weighted by Gasteiger charge is 2.05. The topological polar surface area (TPSA) is 21.3 Å². The van der Waals surface area contributed by atoms with Gasteiger partial charge in [0.05, 0.1) is 7.11 Å². The monoisotopic (exact) mass is 225 g/mol. The third-order valence-electron chi connectivity index (χ3n) is 2.10. The smallest absolute Gasteiger partial charge is 0.124 e. The predicted octanol–water partition coefficient (Wildman–Crippen LogP) is 3.01. The first kappa shape index (κ1) is 12.1. The van der Waals surface area contributed by atoms with Crippen molar-refractivity contribution >= 4 is 11.6 Å². The van der Waals surface area contributed by atoms with Gasteiger partial charge in [0.2, 0.25) is 0 Å². The fraction of sp³-hybridized carbons (Fsp3) is 0.333. The molecule has 3 heteroatoms. The Balaban J connectivity index is 2.66. The highest BCUT2D eigenvalue weighted by Crippen LogP contribution is 2.25. The van der Waals surface area contributed by atoms with Gasteiger partial charge in [0.1, 0.15) is 5.75 Å². The maximum Gasteiger partial charge on any atom is 0.124 e. The van der Waals surface area contributed by atoms with Crippen molar-refractivity contribution in [3.05, 3.63) is 40.9 Å². The Kier molecular flexibility index (Phi) is 5.22. The molecule has 0 aliphatic carbocycles. The van der Waals surface area contributed by atoms with Gasteiger partial charge < -0.3 is 10.1 Å². The number of nitrogens with one attached hydrogen (secondary N) is 1. The van der Waals surface area contributed by atoms with E-state index in [0.29, 0.717) is 6.54 Å². The zero-order chi connectivity index (χ0) is 11.1. The molecule has 0 aliphatic heterocycles. The van der Waals surface area contributed by atoms with Gasteiger partial charge in [-0.05, 0) is 19.1 Å². The molecule has 0 fully saturated rings. The summed E-state index contributed by atoms with van der Waals surface area (Å²) in [6.07, 6.45) is 4.07. The predicted molar refractivity (Wildman–Crippen MR) is 64.5 cm³/mol. The number of halogens is 1. The van der Waals surface area contributed by atoms with Gasteiger partial charge in [-0.3, -0.25) is 0 Å². The molecule has 2 nitrogen and oxygen atoms in total. The molecule has 1 rings (SSSR count). The average Bonchev–Trinajstić information content (AvgIpc) is 2.26. The second-order valence-corrected chi connectivity index (χ2v) is 3.53. The minimum atomic E-state index is 0.715. The molecule has 1 aromatic rings. The van der Waals surface area contributed by atoms with Crippen molar-refractivity contribution in [1.82, 2.24) is 5.32 Å². The molecule has 0 aliphatic rings. The molecule has 0 atom stereocenters. The van der Waals surface area contributed by atoms with Crippen molar-refractivity contribution in [3.63, 3.8) is 0 Å². The zero-order valence-corrected chi connectivity index (χ0v) is 9.84. The molecule has 0 radical (unpaired) electrons. The zero-order valence-electron chi connectivity index (χ0n) is 9.09. The first-order valence-corrected chi connectivity index (χ1v) is 5.30. The Hall–Kier alpha value is -0.990. The maximum absolute atomic E-state index is 6.08. The van der Waals surface area contributed by atoms with Crippen LogP contribution >= 0.6 is 11.6 Å². The molecule has 1 N–H and O–H groups in total. The quantitative estimate of drug-likeness (QED) is 0.615. The molecular formula is C12H16ClNO. The van der Waals surface area contributed by atoms with Crippen LogP contribution in [0, 0.1) is 0 Å².